The molecule has 4 nitrogen and oxygen atoms in total. The lowest BCUT2D eigenvalue weighted by atomic mass is 10.3. The van der Waals surface area contributed by atoms with Gasteiger partial charge in [0.2, 0.25) is 0 Å². The molecule has 0 saturated heterocycles. The van der Waals surface area contributed by atoms with E-state index in [-0.39, 0.29) is 17.7 Å². The van der Waals surface area contributed by atoms with Crippen molar-refractivity contribution in [2.45, 2.75) is 6.36 Å². The van der Waals surface area contributed by atoms with Gasteiger partial charge in [0.15, 0.2) is 6.29 Å². The number of carbonyl (C=O) groups excluding carboxylic acids is 1. The van der Waals surface area contributed by atoms with Gasteiger partial charge in [-0.25, -0.2) is 4.98 Å². The maximum Gasteiger partial charge on any atom is 0.573 e. The Labute approximate surface area is 81.9 Å². The Morgan fingerprint density at radius 1 is 1.47 bits per heavy atom. The van der Waals surface area contributed by atoms with Crippen LogP contribution < -0.4 is 4.74 Å². The van der Waals surface area contributed by atoms with Gasteiger partial charge in [-0.05, 0) is 0 Å². The maximum atomic E-state index is 11.8. The lowest BCUT2D eigenvalue weighted by Crippen LogP contribution is -2.17. The number of hydrogen-bond acceptors (Lipinski definition) is 4. The molecule has 0 bridgehead atoms. The average Bonchev–Trinajstić information content (AvgIpc) is 2.14. The van der Waals surface area contributed by atoms with E-state index in [4.69, 9.17) is 5.26 Å². The minimum atomic E-state index is -4.87. The second-order valence-corrected chi connectivity index (χ2v) is 2.39. The van der Waals surface area contributed by atoms with E-state index in [9.17, 15) is 18.0 Å². The SMILES string of the molecule is N#Cc1cc(OC(F)(F)F)cc(C=O)n1. The number of nitriles is 1. The predicted molar refractivity (Wildman–Crippen MR) is 41.0 cm³/mol. The molecule has 0 spiro atoms. The van der Waals surface area contributed by atoms with Crippen molar-refractivity contribution in [1.82, 2.24) is 4.98 Å². The highest BCUT2D eigenvalue weighted by Crippen LogP contribution is 2.23. The van der Waals surface area contributed by atoms with Gasteiger partial charge in [0, 0.05) is 12.1 Å². The third-order valence-electron chi connectivity index (χ3n) is 1.29. The minimum absolute atomic E-state index is 0.226. The van der Waals surface area contributed by atoms with E-state index in [1.165, 1.54) is 6.07 Å². The normalized spacial score (nSPS) is 10.5. The predicted octanol–water partition coefficient (Wildman–Crippen LogP) is 1.66. The molecule has 78 valence electrons. The second-order valence-electron chi connectivity index (χ2n) is 2.39. The summed E-state index contributed by atoms with van der Waals surface area (Å²) in [6.07, 6.45) is -4.64. The molecule has 0 radical (unpaired) electrons. The van der Waals surface area contributed by atoms with Crippen LogP contribution in [0, 0.1) is 11.3 Å². The standard InChI is InChI=1S/C8H3F3N2O2/c9-8(10,11)15-7-1-5(3-12)13-6(2-7)4-14/h1-2,4H. The first kappa shape index (κ1) is 11.0. The summed E-state index contributed by atoms with van der Waals surface area (Å²) in [7, 11) is 0. The molecule has 1 aromatic heterocycles. The Kier molecular flexibility index (Phi) is 2.90. The van der Waals surface area contributed by atoms with Crippen molar-refractivity contribution in [2.24, 2.45) is 0 Å². The van der Waals surface area contributed by atoms with Crippen molar-refractivity contribution in [3.8, 4) is 11.8 Å². The molecule has 15 heavy (non-hydrogen) atoms. The van der Waals surface area contributed by atoms with E-state index in [1.54, 1.807) is 0 Å². The molecule has 0 aromatic carbocycles. The molecular formula is C8H3F3N2O2. The number of ether oxygens (including phenoxy) is 1. The van der Waals surface area contributed by atoms with Crippen LogP contribution in [-0.4, -0.2) is 17.6 Å². The van der Waals surface area contributed by atoms with Crippen LogP contribution in [0.25, 0.3) is 0 Å². The van der Waals surface area contributed by atoms with E-state index < -0.39 is 12.1 Å². The summed E-state index contributed by atoms with van der Waals surface area (Å²) in [6.45, 7) is 0. The Balaban J connectivity index is 3.09. The summed E-state index contributed by atoms with van der Waals surface area (Å²) >= 11 is 0. The molecule has 0 N–H and O–H groups in total. The third kappa shape index (κ3) is 3.27. The number of hydrogen-bond donors (Lipinski definition) is 0. The molecule has 0 unspecified atom stereocenters. The van der Waals surface area contributed by atoms with Gasteiger partial charge in [-0.1, -0.05) is 0 Å². The highest BCUT2D eigenvalue weighted by molar-refractivity contribution is 5.72. The van der Waals surface area contributed by atoms with Crippen molar-refractivity contribution in [2.75, 3.05) is 0 Å². The minimum Gasteiger partial charge on any atom is -0.406 e. The first-order chi connectivity index (χ1) is 6.94. The number of aromatic nitrogens is 1. The van der Waals surface area contributed by atoms with E-state index in [0.29, 0.717) is 0 Å². The van der Waals surface area contributed by atoms with Crippen molar-refractivity contribution >= 4 is 6.29 Å². The van der Waals surface area contributed by atoms with Gasteiger partial charge in [-0.15, -0.1) is 13.2 Å². The summed E-state index contributed by atoms with van der Waals surface area (Å²) in [5.41, 5.74) is -0.618. The summed E-state index contributed by atoms with van der Waals surface area (Å²) in [5, 5.41) is 8.42. The summed E-state index contributed by atoms with van der Waals surface area (Å²) in [4.78, 5) is 13.7. The van der Waals surface area contributed by atoms with Crippen LogP contribution >= 0.6 is 0 Å². The van der Waals surface area contributed by atoms with Gasteiger partial charge >= 0.3 is 6.36 Å². The van der Waals surface area contributed by atoms with Gasteiger partial charge in [-0.3, -0.25) is 4.79 Å². The van der Waals surface area contributed by atoms with Crippen molar-refractivity contribution in [3.63, 3.8) is 0 Å². The van der Waals surface area contributed by atoms with Gasteiger partial charge < -0.3 is 4.74 Å². The van der Waals surface area contributed by atoms with Crippen LogP contribution in [-0.2, 0) is 0 Å². The van der Waals surface area contributed by atoms with Gasteiger partial charge in [0.05, 0.1) is 0 Å². The molecule has 0 aliphatic carbocycles. The first-order valence-corrected chi connectivity index (χ1v) is 3.58. The van der Waals surface area contributed by atoms with E-state index >= 15 is 0 Å². The zero-order chi connectivity index (χ0) is 11.5. The second kappa shape index (κ2) is 3.96. The van der Waals surface area contributed by atoms with Gasteiger partial charge in [0.1, 0.15) is 23.2 Å². The fourth-order valence-corrected chi connectivity index (χ4v) is 0.836. The fourth-order valence-electron chi connectivity index (χ4n) is 0.836. The van der Waals surface area contributed by atoms with Crippen LogP contribution in [0.15, 0.2) is 12.1 Å². The highest BCUT2D eigenvalue weighted by Gasteiger charge is 2.31. The van der Waals surface area contributed by atoms with Gasteiger partial charge in [0.25, 0.3) is 0 Å². The first-order valence-electron chi connectivity index (χ1n) is 3.58. The number of alkyl halides is 3. The number of pyridine rings is 1. The Morgan fingerprint density at radius 2 is 2.13 bits per heavy atom. The molecule has 7 heteroatoms. The molecule has 0 saturated carbocycles. The van der Waals surface area contributed by atoms with Crippen LogP contribution in [0.2, 0.25) is 0 Å². The number of carbonyl (C=O) groups is 1. The monoisotopic (exact) mass is 216 g/mol. The highest BCUT2D eigenvalue weighted by atomic mass is 19.4. The van der Waals surface area contributed by atoms with Crippen molar-refractivity contribution in [1.29, 1.82) is 5.26 Å². The Hall–Kier alpha value is -2.10. The largest absolute Gasteiger partial charge is 0.573 e. The fraction of sp³-hybridized carbons (Fsp3) is 0.125. The van der Waals surface area contributed by atoms with E-state index in [1.807, 2.05) is 0 Å². The lowest BCUT2D eigenvalue weighted by Gasteiger charge is -2.08. The van der Waals surface area contributed by atoms with E-state index in [0.717, 1.165) is 12.1 Å². The third-order valence-corrected chi connectivity index (χ3v) is 1.29. The molecular weight excluding hydrogens is 213 g/mol. The average molecular weight is 216 g/mol. The molecule has 1 rings (SSSR count). The number of halogens is 3. The zero-order valence-electron chi connectivity index (χ0n) is 7.08. The maximum absolute atomic E-state index is 11.8. The number of rotatable bonds is 2. The summed E-state index contributed by atoms with van der Waals surface area (Å²) in [6, 6.07) is 3.10. The van der Waals surface area contributed by atoms with Gasteiger partial charge in [-0.2, -0.15) is 5.26 Å². The molecule has 0 atom stereocenters. The molecule has 1 heterocycles. The smallest absolute Gasteiger partial charge is 0.406 e. The summed E-state index contributed by atoms with van der Waals surface area (Å²) < 4.78 is 38.9. The van der Waals surface area contributed by atoms with Crippen LogP contribution in [0.1, 0.15) is 16.2 Å². The lowest BCUT2D eigenvalue weighted by molar-refractivity contribution is -0.274. The molecule has 0 amide bonds. The zero-order valence-corrected chi connectivity index (χ0v) is 7.08. The van der Waals surface area contributed by atoms with Crippen LogP contribution in [0.5, 0.6) is 5.75 Å². The number of nitrogens with zero attached hydrogens (tertiary/aromatic N) is 2. The quantitative estimate of drug-likeness (QED) is 0.705. The Morgan fingerprint density at radius 3 is 2.60 bits per heavy atom. The van der Waals surface area contributed by atoms with Crippen molar-refractivity contribution < 1.29 is 22.7 Å². The van der Waals surface area contributed by atoms with Crippen molar-refractivity contribution in [3.05, 3.63) is 23.5 Å². The topological polar surface area (TPSA) is 63.0 Å². The summed E-state index contributed by atoms with van der Waals surface area (Å²) in [5.74, 6) is -0.642. The molecule has 1 aromatic rings. The molecule has 0 fully saturated rings. The Bertz CT molecular complexity index is 423. The van der Waals surface area contributed by atoms with Crippen LogP contribution in [0.3, 0.4) is 0 Å². The van der Waals surface area contributed by atoms with E-state index in [2.05, 4.69) is 9.72 Å². The molecule has 0 aliphatic heterocycles. The molecule has 0 aliphatic rings. The number of aldehydes is 1. The van der Waals surface area contributed by atoms with Crippen LogP contribution in [0.4, 0.5) is 13.2 Å².